The third-order valence-electron chi connectivity index (χ3n) is 9.46. The summed E-state index contributed by atoms with van der Waals surface area (Å²) in [7, 11) is -18.3. The van der Waals surface area contributed by atoms with Gasteiger partial charge in [0, 0.05) is 69.5 Å². The summed E-state index contributed by atoms with van der Waals surface area (Å²) in [5.41, 5.74) is -7.75. The topological polar surface area (TPSA) is 275 Å². The van der Waals surface area contributed by atoms with E-state index in [0.717, 1.165) is 87.5 Å². The number of hydrogen-bond acceptors (Lipinski definition) is 17. The number of aromatic nitrogens is 8. The van der Waals surface area contributed by atoms with Crippen molar-refractivity contribution in [2.24, 2.45) is 0 Å². The summed E-state index contributed by atoms with van der Waals surface area (Å²) in [6, 6.07) is 40.1. The number of para-hydroxylation sites is 2. The minimum atomic E-state index is -6.09. The van der Waals surface area contributed by atoms with Crippen LogP contribution in [0.25, 0.3) is 87.5 Å². The molecular formula is C45H26CrF9N8O9S3. The Bertz CT molecular complexity index is 3780. The molecule has 0 aliphatic carbocycles. The molecule has 7 aromatic heterocycles. The van der Waals surface area contributed by atoms with Crippen LogP contribution in [0.1, 0.15) is 0 Å². The Morgan fingerprint density at radius 2 is 0.520 bits per heavy atom. The molecule has 0 bridgehead atoms. The number of pyridine rings is 6. The number of alkyl halides is 9. The molecule has 30 heteroatoms. The number of benzene rings is 4. The zero-order valence-corrected chi connectivity index (χ0v) is 40.5. The zero-order valence-electron chi connectivity index (χ0n) is 36.8. The predicted octanol–water partition coefficient (Wildman–Crippen LogP) is 9.60. The first-order chi connectivity index (χ1) is 34.6. The Kier molecular flexibility index (Phi) is 18.2. The van der Waals surface area contributed by atoms with E-state index in [9.17, 15) is 39.5 Å². The molecule has 75 heavy (non-hydrogen) atoms. The van der Waals surface area contributed by atoms with Crippen molar-refractivity contribution >= 4 is 118 Å². The Balaban J connectivity index is 0.000000175. The summed E-state index contributed by atoms with van der Waals surface area (Å²) in [5, 5.41) is 6.53. The van der Waals surface area contributed by atoms with E-state index in [4.69, 9.17) is 48.9 Å². The molecule has 0 saturated carbocycles. The number of rotatable bonds is 0. The van der Waals surface area contributed by atoms with E-state index >= 15 is 0 Å². The van der Waals surface area contributed by atoms with Crippen molar-refractivity contribution in [1.29, 1.82) is 0 Å². The van der Waals surface area contributed by atoms with Gasteiger partial charge in [0.1, 0.15) is 0 Å². The quantitative estimate of drug-likeness (QED) is 0.0449. The van der Waals surface area contributed by atoms with Crippen LogP contribution >= 0.6 is 0 Å². The van der Waals surface area contributed by atoms with Gasteiger partial charge in [-0.05, 0) is 60.7 Å². The summed E-state index contributed by atoms with van der Waals surface area (Å²) < 4.78 is 177. The van der Waals surface area contributed by atoms with Crippen molar-refractivity contribution in [2.75, 3.05) is 0 Å². The minimum Gasteiger partial charge on any atom is -0.741 e. The Morgan fingerprint density at radius 1 is 0.307 bits per heavy atom. The molecule has 0 atom stereocenters. The maximum absolute atomic E-state index is 10.7. The average Bonchev–Trinajstić information content (AvgIpc) is 3.35. The third kappa shape index (κ3) is 14.5. The van der Waals surface area contributed by atoms with Crippen LogP contribution in [0, 0.1) is 0 Å². The van der Waals surface area contributed by atoms with Gasteiger partial charge in [-0.1, -0.05) is 60.7 Å². The molecule has 1 radical (unpaired) electrons. The molecule has 0 unspecified atom stereocenters. The van der Waals surface area contributed by atoms with E-state index in [1.807, 2.05) is 72.8 Å². The molecule has 0 spiro atoms. The Morgan fingerprint density at radius 3 is 0.747 bits per heavy atom. The number of halogens is 9. The summed E-state index contributed by atoms with van der Waals surface area (Å²) in [6.45, 7) is 0. The van der Waals surface area contributed by atoms with Gasteiger partial charge in [0.2, 0.25) is 0 Å². The first-order valence-electron chi connectivity index (χ1n) is 20.0. The standard InChI is InChI=1S/C18H10N4.2C12H8N2.3CHF3O3S.Cr/c1-2-8-14-13(7-1)21-17-11-5-3-9-19-15(11)16-12(18(17)22-14)6-4-10-20-16;2*1-3-9-5-6-10-4-2-8-14-12(10)11(9)13-7-1;3*2-1(3,4)8(5,6)7;/h1-10H;2*1-8H;3*(H,5,6,7);/q;;;;;;+3/p-3. The van der Waals surface area contributed by atoms with Crippen LogP contribution in [-0.2, 0) is 47.7 Å². The fraction of sp³-hybridized carbons (Fsp3) is 0.0667. The minimum absolute atomic E-state index is 0. The first-order valence-corrected chi connectivity index (χ1v) is 24.2. The van der Waals surface area contributed by atoms with E-state index < -0.39 is 46.9 Å². The molecule has 387 valence electrons. The van der Waals surface area contributed by atoms with Crippen LogP contribution < -0.4 is 0 Å². The van der Waals surface area contributed by atoms with Crippen molar-refractivity contribution in [3.05, 3.63) is 159 Å². The van der Waals surface area contributed by atoms with Gasteiger partial charge in [-0.15, -0.1) is 0 Å². The number of hydrogen-bond donors (Lipinski definition) is 0. The summed E-state index contributed by atoms with van der Waals surface area (Å²) >= 11 is 0. The fourth-order valence-electron chi connectivity index (χ4n) is 6.31. The maximum atomic E-state index is 10.7. The van der Waals surface area contributed by atoms with Gasteiger partial charge in [-0.25, -0.2) is 35.2 Å². The van der Waals surface area contributed by atoms with Crippen LogP contribution in [0.15, 0.2) is 159 Å². The van der Waals surface area contributed by atoms with Crippen LogP contribution in [0.4, 0.5) is 39.5 Å². The van der Waals surface area contributed by atoms with Crippen LogP contribution in [0.5, 0.6) is 0 Å². The van der Waals surface area contributed by atoms with Gasteiger partial charge in [-0.3, -0.25) is 29.9 Å². The molecule has 7 heterocycles. The van der Waals surface area contributed by atoms with Gasteiger partial charge in [0.05, 0.1) is 55.2 Å². The second-order valence-electron chi connectivity index (χ2n) is 14.3. The van der Waals surface area contributed by atoms with E-state index in [1.165, 1.54) is 0 Å². The van der Waals surface area contributed by atoms with Gasteiger partial charge in [0.15, 0.2) is 30.4 Å². The molecular weight excluding hydrogens is 1120 g/mol. The molecule has 11 rings (SSSR count). The molecule has 0 N–H and O–H groups in total. The van der Waals surface area contributed by atoms with E-state index in [2.05, 4.69) is 78.4 Å². The van der Waals surface area contributed by atoms with Gasteiger partial charge < -0.3 is 13.7 Å². The molecule has 0 aliphatic heterocycles. The SMILES string of the molecule is O=S(=O)([O-])C(F)(F)F.O=S(=O)([O-])C(F)(F)F.O=S(=O)([O-])C(F)(F)F.[Cr+3].c1ccc2nc3c4cccnc4c4ncccc4c3nc2c1.c1cnc2c(c1)ccc1cccnc12.c1cnc2c(c1)ccc1cccnc12. The summed E-state index contributed by atoms with van der Waals surface area (Å²) in [6.07, 6.45) is 10.8. The van der Waals surface area contributed by atoms with Crippen LogP contribution in [-0.4, -0.2) is 95.3 Å². The van der Waals surface area contributed by atoms with Gasteiger partial charge >= 0.3 is 33.9 Å². The van der Waals surface area contributed by atoms with E-state index in [1.54, 1.807) is 37.2 Å². The van der Waals surface area contributed by atoms with Crippen LogP contribution in [0.2, 0.25) is 0 Å². The normalized spacial score (nSPS) is 11.9. The van der Waals surface area contributed by atoms with Crippen molar-refractivity contribution in [3.63, 3.8) is 0 Å². The molecule has 0 saturated heterocycles. The van der Waals surface area contributed by atoms with Gasteiger partial charge in [-0.2, -0.15) is 39.5 Å². The monoisotopic (exact) mass is 1140 g/mol. The van der Waals surface area contributed by atoms with Crippen LogP contribution in [0.3, 0.4) is 0 Å². The smallest absolute Gasteiger partial charge is 0.741 e. The van der Waals surface area contributed by atoms with Crippen molar-refractivity contribution in [2.45, 2.75) is 16.5 Å². The summed E-state index contributed by atoms with van der Waals surface area (Å²) in [4.78, 5) is 36.1. The molecule has 0 amide bonds. The number of fused-ring (bicyclic) bond motifs is 13. The number of nitrogens with zero attached hydrogens (tertiary/aromatic N) is 8. The van der Waals surface area contributed by atoms with Crippen molar-refractivity contribution < 1.29 is 95.8 Å². The Labute approximate surface area is 426 Å². The van der Waals surface area contributed by atoms with E-state index in [0.29, 0.717) is 0 Å². The van der Waals surface area contributed by atoms with E-state index in [-0.39, 0.29) is 17.4 Å². The van der Waals surface area contributed by atoms with Gasteiger partial charge in [0.25, 0.3) is 0 Å². The third-order valence-corrected chi connectivity index (χ3v) is 11.2. The molecule has 4 aromatic carbocycles. The molecule has 0 aliphatic rings. The average molecular weight is 1140 g/mol. The second kappa shape index (κ2) is 23.4. The predicted molar refractivity (Wildman–Crippen MR) is 249 cm³/mol. The second-order valence-corrected chi connectivity index (χ2v) is 18.5. The molecule has 17 nitrogen and oxygen atoms in total. The van der Waals surface area contributed by atoms with Crippen molar-refractivity contribution in [3.8, 4) is 0 Å². The molecule has 0 fully saturated rings. The summed E-state index contributed by atoms with van der Waals surface area (Å²) in [5.74, 6) is 0. The zero-order chi connectivity index (χ0) is 54.3. The van der Waals surface area contributed by atoms with Crippen molar-refractivity contribution in [1.82, 2.24) is 39.9 Å². The fourth-order valence-corrected chi connectivity index (χ4v) is 6.31. The maximum Gasteiger partial charge on any atom is 3.00 e. The first kappa shape index (κ1) is 58.5. The Hall–Kier alpha value is -7.43. The largest absolute Gasteiger partial charge is 3.00 e. The molecule has 11 aromatic rings.